The summed E-state index contributed by atoms with van der Waals surface area (Å²) in [6, 6.07) is 9.60. The fraction of sp³-hybridized carbons (Fsp3) is 0.533. The number of thioether (sulfide) groups is 1. The summed E-state index contributed by atoms with van der Waals surface area (Å²) in [6.07, 6.45) is 2.19. The van der Waals surface area contributed by atoms with E-state index in [-0.39, 0.29) is 36.9 Å². The molecule has 3 aliphatic heterocycles. The van der Waals surface area contributed by atoms with Gasteiger partial charge in [-0.3, -0.25) is 19.5 Å². The summed E-state index contributed by atoms with van der Waals surface area (Å²) in [7, 11) is 0. The third kappa shape index (κ3) is 7.67. The number of ether oxygens (including phenoxy) is 1. The molecule has 0 bridgehead atoms. The quantitative estimate of drug-likeness (QED) is 0.511. The van der Waals surface area contributed by atoms with E-state index in [0.717, 1.165) is 11.1 Å². The van der Waals surface area contributed by atoms with Gasteiger partial charge in [0.25, 0.3) is 0 Å². The number of aliphatic imine (C=N–C) groups is 1. The van der Waals surface area contributed by atoms with Gasteiger partial charge in [-0.1, -0.05) is 49.1 Å². The van der Waals surface area contributed by atoms with E-state index < -0.39 is 22.5 Å². The molecule has 0 radical (unpaired) electrons. The molecule has 1 fully saturated rings. The van der Waals surface area contributed by atoms with Gasteiger partial charge in [0, 0.05) is 25.1 Å². The molecule has 40 heavy (non-hydrogen) atoms. The van der Waals surface area contributed by atoms with Gasteiger partial charge in [-0.05, 0) is 50.5 Å². The summed E-state index contributed by atoms with van der Waals surface area (Å²) >= 11 is 1.37. The average molecular weight is 567 g/mol. The van der Waals surface area contributed by atoms with Crippen LogP contribution in [0.15, 0.2) is 46.3 Å². The molecule has 4 rings (SSSR count). The minimum absolute atomic E-state index is 0.0835. The van der Waals surface area contributed by atoms with Gasteiger partial charge in [-0.2, -0.15) is 0 Å². The number of carbonyl (C=O) groups is 3. The Hall–Kier alpha value is -3.29. The molecule has 0 aromatic heterocycles. The zero-order valence-electron chi connectivity index (χ0n) is 23.6. The zero-order chi connectivity index (χ0) is 28.9. The highest BCUT2D eigenvalue weighted by Crippen LogP contribution is 2.36. The van der Waals surface area contributed by atoms with Crippen LogP contribution in [0.2, 0.25) is 0 Å². The van der Waals surface area contributed by atoms with Crippen molar-refractivity contribution < 1.29 is 24.2 Å². The van der Waals surface area contributed by atoms with Crippen LogP contribution in [0.3, 0.4) is 0 Å². The number of rotatable bonds is 6. The van der Waals surface area contributed by atoms with Gasteiger partial charge in [0.2, 0.25) is 11.8 Å². The van der Waals surface area contributed by atoms with E-state index in [2.05, 4.69) is 29.1 Å². The Bertz CT molecular complexity index is 1220. The summed E-state index contributed by atoms with van der Waals surface area (Å²) in [5.41, 5.74) is 0.196. The number of aliphatic hydroxyl groups is 1. The number of hydrogen-bond acceptors (Lipinski definition) is 7. The monoisotopic (exact) mass is 566 g/mol. The second kappa shape index (κ2) is 12.5. The summed E-state index contributed by atoms with van der Waals surface area (Å²) in [4.78, 5) is 45.8. The molecule has 1 saturated heterocycles. The Morgan fingerprint density at radius 1 is 1.25 bits per heavy atom. The van der Waals surface area contributed by atoms with Crippen molar-refractivity contribution in [1.82, 2.24) is 15.1 Å². The van der Waals surface area contributed by atoms with Crippen molar-refractivity contribution in [3.05, 3.63) is 46.9 Å². The second-order valence-corrected chi connectivity index (χ2v) is 12.6. The maximum absolute atomic E-state index is 13.2. The highest BCUT2D eigenvalue weighted by molar-refractivity contribution is 8.03. The summed E-state index contributed by atoms with van der Waals surface area (Å²) in [6.45, 7) is 8.59. The average Bonchev–Trinajstić information content (AvgIpc) is 3.31. The zero-order valence-corrected chi connectivity index (χ0v) is 24.4. The summed E-state index contributed by atoms with van der Waals surface area (Å²) in [5, 5.41) is 15.3. The lowest BCUT2D eigenvalue weighted by Crippen LogP contribution is -2.55. The van der Waals surface area contributed by atoms with Crippen LogP contribution in [0.4, 0.5) is 4.79 Å². The predicted molar refractivity (Wildman–Crippen MR) is 156 cm³/mol. The van der Waals surface area contributed by atoms with Crippen molar-refractivity contribution in [2.75, 3.05) is 26.2 Å². The molecule has 0 saturated carbocycles. The number of nitrogens with one attached hydrogen (secondary N) is 1. The van der Waals surface area contributed by atoms with E-state index in [9.17, 15) is 19.5 Å². The van der Waals surface area contributed by atoms with Gasteiger partial charge >= 0.3 is 6.09 Å². The molecular formula is C30H38N4O5S. The number of hydrogen-bond donors (Lipinski definition) is 2. The van der Waals surface area contributed by atoms with Crippen molar-refractivity contribution in [3.8, 4) is 11.8 Å². The highest BCUT2D eigenvalue weighted by Gasteiger charge is 2.43. The molecule has 0 aliphatic carbocycles. The van der Waals surface area contributed by atoms with Gasteiger partial charge in [-0.15, -0.1) is 11.8 Å². The maximum Gasteiger partial charge on any atom is 0.408 e. The number of nitrogens with zero attached hydrogens (tertiary/aromatic N) is 3. The molecule has 2 N–H and O–H groups in total. The van der Waals surface area contributed by atoms with Gasteiger partial charge < -0.3 is 20.1 Å². The molecule has 0 spiro atoms. The smallest absolute Gasteiger partial charge is 0.408 e. The first-order valence-electron chi connectivity index (χ1n) is 13.6. The summed E-state index contributed by atoms with van der Waals surface area (Å²) < 4.78 is 5.19. The van der Waals surface area contributed by atoms with Crippen LogP contribution in [0.5, 0.6) is 0 Å². The Labute approximate surface area is 240 Å². The Kier molecular flexibility index (Phi) is 9.26. The highest BCUT2D eigenvalue weighted by atomic mass is 32.2. The predicted octanol–water partition coefficient (Wildman–Crippen LogP) is 3.30. The lowest BCUT2D eigenvalue weighted by Gasteiger charge is -2.41. The van der Waals surface area contributed by atoms with Crippen LogP contribution in [0, 0.1) is 11.8 Å². The van der Waals surface area contributed by atoms with Gasteiger partial charge in [0.05, 0.1) is 25.0 Å². The Morgan fingerprint density at radius 2 is 1.95 bits per heavy atom. The maximum atomic E-state index is 13.2. The van der Waals surface area contributed by atoms with E-state index in [4.69, 9.17) is 4.74 Å². The van der Waals surface area contributed by atoms with E-state index in [1.807, 2.05) is 40.6 Å². The van der Waals surface area contributed by atoms with Crippen LogP contribution in [-0.2, 0) is 14.3 Å². The van der Waals surface area contributed by atoms with Crippen molar-refractivity contribution in [2.24, 2.45) is 4.99 Å². The van der Waals surface area contributed by atoms with Crippen molar-refractivity contribution in [3.63, 3.8) is 0 Å². The molecule has 3 atom stereocenters. The number of fused-ring (bicyclic) bond motifs is 1. The van der Waals surface area contributed by atoms with E-state index in [1.54, 1.807) is 20.8 Å². The Balaban J connectivity index is 1.26. The van der Waals surface area contributed by atoms with E-state index in [1.165, 1.54) is 23.0 Å². The van der Waals surface area contributed by atoms with Gasteiger partial charge in [0.15, 0.2) is 0 Å². The first kappa shape index (κ1) is 29.7. The van der Waals surface area contributed by atoms with Gasteiger partial charge in [-0.25, -0.2) is 4.79 Å². The third-order valence-electron chi connectivity index (χ3n) is 7.15. The fourth-order valence-electron chi connectivity index (χ4n) is 4.92. The molecule has 9 nitrogen and oxygen atoms in total. The molecule has 1 aromatic rings. The van der Waals surface area contributed by atoms with E-state index in [0.29, 0.717) is 32.4 Å². The number of β-amino-alcohol motifs (C(OH)–C–C–N with tert-alkyl or cyclic N) is 1. The molecule has 10 heteroatoms. The molecule has 2 unspecified atom stereocenters. The molecule has 3 aliphatic rings. The van der Waals surface area contributed by atoms with Gasteiger partial charge in [0.1, 0.15) is 16.9 Å². The lowest BCUT2D eigenvalue weighted by atomic mass is 9.89. The minimum atomic E-state index is -1.08. The number of likely N-dealkylation sites (tertiary alicyclic amines) is 1. The van der Waals surface area contributed by atoms with Crippen molar-refractivity contribution >= 4 is 36.0 Å². The number of piperidine rings is 1. The van der Waals surface area contributed by atoms with Crippen LogP contribution in [-0.4, -0.2) is 87.8 Å². The molecule has 3 heterocycles. The third-order valence-corrected chi connectivity index (χ3v) is 8.30. The molecule has 214 valence electrons. The van der Waals surface area contributed by atoms with Crippen molar-refractivity contribution in [2.45, 2.75) is 75.4 Å². The second-order valence-electron chi connectivity index (χ2n) is 11.6. The lowest BCUT2D eigenvalue weighted by molar-refractivity contribution is -0.139. The number of alkyl carbamates (subject to hydrolysis) is 1. The Morgan fingerprint density at radius 3 is 2.62 bits per heavy atom. The SMILES string of the molecule is C[C@H](CC(=O)N1CCC(O)(CN2C=NC3C(C#CCNC(=O)OC(C)(C)C)=CSC3C2=O)CC1)c1ccccc1. The number of benzene rings is 1. The fourth-order valence-corrected chi connectivity index (χ4v) is 6.02. The van der Waals surface area contributed by atoms with Crippen LogP contribution < -0.4 is 5.32 Å². The van der Waals surface area contributed by atoms with Crippen LogP contribution >= 0.6 is 11.8 Å². The standard InChI is InChI=1S/C30H38N4O5S/c1-21(22-9-6-5-7-10-22)17-24(35)33-15-12-30(38,13-16-33)19-34-20-32-25-23(18-40-26(25)27(34)36)11-8-14-31-28(37)39-29(2,3)4/h5-7,9-10,18,20-21,25-26,38H,12-17,19H2,1-4H3,(H,31,37)/t21-,25?,26?/m1/s1. The minimum Gasteiger partial charge on any atom is -0.444 e. The number of amides is 3. The number of carbonyl (C=O) groups excluding carboxylic acids is 3. The van der Waals surface area contributed by atoms with E-state index >= 15 is 0 Å². The first-order chi connectivity index (χ1) is 18.9. The molecular weight excluding hydrogens is 528 g/mol. The molecule has 1 aromatic carbocycles. The molecule has 3 amide bonds. The first-order valence-corrected chi connectivity index (χ1v) is 14.6. The topological polar surface area (TPSA) is 112 Å². The summed E-state index contributed by atoms with van der Waals surface area (Å²) in [5.74, 6) is 6.00. The normalized spacial score (nSPS) is 22.5. The van der Waals surface area contributed by atoms with Crippen LogP contribution in [0.25, 0.3) is 0 Å². The van der Waals surface area contributed by atoms with Crippen LogP contribution in [0.1, 0.15) is 58.4 Å². The van der Waals surface area contributed by atoms with Crippen molar-refractivity contribution in [1.29, 1.82) is 0 Å². The largest absolute Gasteiger partial charge is 0.444 e.